The zero-order valence-electron chi connectivity index (χ0n) is 14.1. The van der Waals surface area contributed by atoms with Crippen molar-refractivity contribution >= 4 is 17.0 Å². The Morgan fingerprint density at radius 2 is 1.96 bits per heavy atom. The highest BCUT2D eigenvalue weighted by Gasteiger charge is 2.33. The summed E-state index contributed by atoms with van der Waals surface area (Å²) in [6.45, 7) is 3.43. The molecule has 0 N–H and O–H groups in total. The number of aromatic nitrogens is 3. The van der Waals surface area contributed by atoms with Gasteiger partial charge in [0.15, 0.2) is 5.65 Å². The maximum absolute atomic E-state index is 13.0. The topological polar surface area (TPSA) is 57.0 Å². The van der Waals surface area contributed by atoms with Crippen LogP contribution in [0.4, 0.5) is 13.2 Å². The van der Waals surface area contributed by atoms with E-state index >= 15 is 0 Å². The zero-order chi connectivity index (χ0) is 18.9. The summed E-state index contributed by atoms with van der Waals surface area (Å²) in [4.78, 5) is 16.4. The number of hydrogen-bond acceptors (Lipinski definition) is 4. The van der Waals surface area contributed by atoms with E-state index in [1.807, 2.05) is 13.8 Å². The van der Waals surface area contributed by atoms with Gasteiger partial charge in [-0.25, -0.2) is 14.5 Å². The summed E-state index contributed by atoms with van der Waals surface area (Å²) in [6, 6.07) is 6.66. The monoisotopic (exact) mass is 363 g/mol. The number of pyridine rings is 1. The smallest absolute Gasteiger partial charge is 0.416 e. The van der Waals surface area contributed by atoms with Gasteiger partial charge in [-0.15, -0.1) is 0 Å². The molecule has 0 aliphatic heterocycles. The Hall–Kier alpha value is -2.90. The van der Waals surface area contributed by atoms with Gasteiger partial charge in [0.25, 0.3) is 0 Å². The van der Waals surface area contributed by atoms with Crippen LogP contribution < -0.4 is 0 Å². The number of hydrogen-bond donors (Lipinski definition) is 0. The van der Waals surface area contributed by atoms with E-state index in [4.69, 9.17) is 4.74 Å². The Morgan fingerprint density at radius 3 is 2.65 bits per heavy atom. The summed E-state index contributed by atoms with van der Waals surface area (Å²) in [7, 11) is 0. The number of carbonyl (C=O) groups is 1. The minimum Gasteiger partial charge on any atom is -0.457 e. The van der Waals surface area contributed by atoms with Crippen molar-refractivity contribution in [2.24, 2.45) is 0 Å². The second kappa shape index (κ2) is 6.78. The first-order valence-corrected chi connectivity index (χ1v) is 7.93. The molecule has 2 heterocycles. The van der Waals surface area contributed by atoms with E-state index < -0.39 is 24.3 Å². The van der Waals surface area contributed by atoms with Crippen molar-refractivity contribution < 1.29 is 22.7 Å². The summed E-state index contributed by atoms with van der Waals surface area (Å²) in [5.74, 6) is -0.742. The number of carbonyl (C=O) groups excluding carboxylic acids is 1. The van der Waals surface area contributed by atoms with Gasteiger partial charge in [-0.3, -0.25) is 0 Å². The number of alkyl halides is 3. The van der Waals surface area contributed by atoms with E-state index in [1.165, 1.54) is 24.4 Å². The van der Waals surface area contributed by atoms with Gasteiger partial charge in [-0.2, -0.15) is 18.3 Å². The van der Waals surface area contributed by atoms with Crippen LogP contribution in [-0.4, -0.2) is 20.7 Å². The molecule has 0 aliphatic carbocycles. The van der Waals surface area contributed by atoms with Crippen molar-refractivity contribution in [1.29, 1.82) is 0 Å². The molecule has 3 aromatic rings. The fraction of sp³-hybridized carbons (Fsp3) is 0.278. The minimum atomic E-state index is -4.51. The normalized spacial score (nSPS) is 11.9. The molecule has 2 aromatic heterocycles. The van der Waals surface area contributed by atoms with E-state index in [-0.39, 0.29) is 17.2 Å². The molecule has 0 spiro atoms. The maximum Gasteiger partial charge on any atom is 0.416 e. The van der Waals surface area contributed by atoms with Crippen molar-refractivity contribution in [3.8, 4) is 0 Å². The van der Waals surface area contributed by atoms with Crippen LogP contribution in [0.15, 0.2) is 42.7 Å². The third-order valence-corrected chi connectivity index (χ3v) is 3.84. The van der Waals surface area contributed by atoms with Crippen LogP contribution in [0.25, 0.3) is 11.0 Å². The van der Waals surface area contributed by atoms with Crippen molar-refractivity contribution in [3.05, 3.63) is 59.4 Å². The summed E-state index contributed by atoms with van der Waals surface area (Å²) >= 11 is 0. The molecule has 136 valence electrons. The number of halogens is 3. The van der Waals surface area contributed by atoms with Crippen LogP contribution in [-0.2, 0) is 17.5 Å². The second-order valence-electron chi connectivity index (χ2n) is 6.05. The minimum absolute atomic E-state index is 0.102. The molecule has 0 saturated carbocycles. The molecule has 0 radical (unpaired) electrons. The van der Waals surface area contributed by atoms with Crippen LogP contribution in [0.5, 0.6) is 0 Å². The SMILES string of the molecule is CC(C)n1ncc2cc(C(=O)OCc3ccccc3C(F)(F)F)cnc21. The Balaban J connectivity index is 1.78. The van der Waals surface area contributed by atoms with E-state index in [0.717, 1.165) is 6.07 Å². The van der Waals surface area contributed by atoms with Crippen molar-refractivity contribution in [1.82, 2.24) is 14.8 Å². The molecule has 26 heavy (non-hydrogen) atoms. The fourth-order valence-electron chi connectivity index (χ4n) is 2.58. The van der Waals surface area contributed by atoms with E-state index in [0.29, 0.717) is 11.0 Å². The molecule has 1 aromatic carbocycles. The van der Waals surface area contributed by atoms with Gasteiger partial charge in [-0.05, 0) is 26.0 Å². The Morgan fingerprint density at radius 1 is 1.23 bits per heavy atom. The summed E-state index contributed by atoms with van der Waals surface area (Å²) in [6.07, 6.45) is -1.59. The summed E-state index contributed by atoms with van der Waals surface area (Å²) < 4.78 is 45.7. The highest BCUT2D eigenvalue weighted by molar-refractivity contribution is 5.92. The molecule has 3 rings (SSSR count). The molecule has 8 heteroatoms. The lowest BCUT2D eigenvalue weighted by atomic mass is 10.1. The van der Waals surface area contributed by atoms with Gasteiger partial charge in [0, 0.05) is 23.2 Å². The van der Waals surface area contributed by atoms with E-state index in [1.54, 1.807) is 16.9 Å². The van der Waals surface area contributed by atoms with Crippen LogP contribution in [0.2, 0.25) is 0 Å². The first-order chi connectivity index (χ1) is 12.3. The quantitative estimate of drug-likeness (QED) is 0.645. The Bertz CT molecular complexity index is 948. The lowest BCUT2D eigenvalue weighted by Gasteiger charge is -2.12. The molecule has 0 bridgehead atoms. The van der Waals surface area contributed by atoms with Crippen LogP contribution in [0.3, 0.4) is 0 Å². The van der Waals surface area contributed by atoms with Crippen molar-refractivity contribution in [2.75, 3.05) is 0 Å². The van der Waals surface area contributed by atoms with Crippen molar-refractivity contribution in [3.63, 3.8) is 0 Å². The Kier molecular flexibility index (Phi) is 4.67. The number of esters is 1. The first-order valence-electron chi connectivity index (χ1n) is 7.93. The molecule has 5 nitrogen and oxygen atoms in total. The maximum atomic E-state index is 13.0. The summed E-state index contributed by atoms with van der Waals surface area (Å²) in [5.41, 5.74) is -0.140. The first kappa shape index (κ1) is 17.9. The third kappa shape index (κ3) is 3.54. The Labute approximate surface area is 147 Å². The van der Waals surface area contributed by atoms with Crippen LogP contribution in [0, 0.1) is 0 Å². The zero-order valence-corrected chi connectivity index (χ0v) is 14.1. The molecular weight excluding hydrogens is 347 g/mol. The molecule has 0 atom stereocenters. The van der Waals surface area contributed by atoms with Gasteiger partial charge >= 0.3 is 12.1 Å². The molecule has 0 amide bonds. The number of rotatable bonds is 4. The number of fused-ring (bicyclic) bond motifs is 1. The van der Waals surface area contributed by atoms with Crippen LogP contribution in [0.1, 0.15) is 41.4 Å². The molecule has 0 aliphatic rings. The van der Waals surface area contributed by atoms with Gasteiger partial charge < -0.3 is 4.74 Å². The highest BCUT2D eigenvalue weighted by atomic mass is 19.4. The van der Waals surface area contributed by atoms with Gasteiger partial charge in [0.05, 0.1) is 17.3 Å². The number of benzene rings is 1. The van der Waals surface area contributed by atoms with Gasteiger partial charge in [0.1, 0.15) is 6.61 Å². The van der Waals surface area contributed by atoms with Crippen LogP contribution >= 0.6 is 0 Å². The number of nitrogens with zero attached hydrogens (tertiary/aromatic N) is 3. The molecule has 0 unspecified atom stereocenters. The standard InChI is InChI=1S/C18H16F3N3O2/c1-11(2)24-16-13(9-23-24)7-14(8-22-16)17(25)26-10-12-5-3-4-6-15(12)18(19,20)21/h3-9,11H,10H2,1-2H3. The predicted molar refractivity (Wildman–Crippen MR) is 88.5 cm³/mol. The summed E-state index contributed by atoms with van der Waals surface area (Å²) in [5, 5.41) is 4.86. The third-order valence-electron chi connectivity index (χ3n) is 3.84. The molecular formula is C18H16F3N3O2. The largest absolute Gasteiger partial charge is 0.457 e. The average molecular weight is 363 g/mol. The predicted octanol–water partition coefficient (Wildman–Crippen LogP) is 4.39. The van der Waals surface area contributed by atoms with E-state index in [9.17, 15) is 18.0 Å². The molecule has 0 saturated heterocycles. The average Bonchev–Trinajstić information content (AvgIpc) is 3.02. The molecule has 0 fully saturated rings. The highest BCUT2D eigenvalue weighted by Crippen LogP contribution is 2.32. The van der Waals surface area contributed by atoms with Crippen molar-refractivity contribution in [2.45, 2.75) is 32.7 Å². The van der Waals surface area contributed by atoms with E-state index in [2.05, 4.69) is 10.1 Å². The van der Waals surface area contributed by atoms with Gasteiger partial charge in [0.2, 0.25) is 0 Å². The van der Waals surface area contributed by atoms with Gasteiger partial charge in [-0.1, -0.05) is 18.2 Å². The lowest BCUT2D eigenvalue weighted by molar-refractivity contribution is -0.138. The fourth-order valence-corrected chi connectivity index (χ4v) is 2.58. The lowest BCUT2D eigenvalue weighted by Crippen LogP contribution is -2.12. The second-order valence-corrected chi connectivity index (χ2v) is 6.05. The number of ether oxygens (including phenoxy) is 1.